The molecule has 104 valence electrons. The predicted molar refractivity (Wildman–Crippen MR) is 81.5 cm³/mol. The summed E-state index contributed by atoms with van der Waals surface area (Å²) in [6.07, 6.45) is 3.03. The van der Waals surface area contributed by atoms with Crippen LogP contribution in [0.3, 0.4) is 0 Å². The van der Waals surface area contributed by atoms with Gasteiger partial charge in [0.25, 0.3) is 0 Å². The molecule has 0 radical (unpaired) electrons. The number of hydrogen-bond acceptors (Lipinski definition) is 2. The van der Waals surface area contributed by atoms with E-state index in [1.807, 2.05) is 18.2 Å². The van der Waals surface area contributed by atoms with Gasteiger partial charge in [0.2, 0.25) is 0 Å². The number of aryl methyl sites for hydroxylation is 1. The number of rotatable bonds is 5. The van der Waals surface area contributed by atoms with Crippen molar-refractivity contribution in [2.75, 3.05) is 0 Å². The highest BCUT2D eigenvalue weighted by atomic mass is 35.5. The molecule has 0 aliphatic rings. The largest absolute Gasteiger partial charge is 0.326 e. The Labute approximate surface area is 119 Å². The van der Waals surface area contributed by atoms with Gasteiger partial charge in [0, 0.05) is 11.6 Å². The Kier molecular flexibility index (Phi) is 4.16. The highest BCUT2D eigenvalue weighted by molar-refractivity contribution is 6.31. The van der Waals surface area contributed by atoms with Crippen molar-refractivity contribution in [1.29, 1.82) is 0 Å². The third-order valence-electron chi connectivity index (χ3n) is 3.44. The molecule has 0 amide bonds. The van der Waals surface area contributed by atoms with Gasteiger partial charge in [-0.1, -0.05) is 31.9 Å². The Morgan fingerprint density at radius 2 is 2.05 bits per heavy atom. The van der Waals surface area contributed by atoms with Crippen molar-refractivity contribution < 1.29 is 0 Å². The van der Waals surface area contributed by atoms with E-state index in [1.54, 1.807) is 0 Å². The fourth-order valence-electron chi connectivity index (χ4n) is 2.62. The van der Waals surface area contributed by atoms with E-state index in [-0.39, 0.29) is 0 Å². The molecule has 0 aliphatic carbocycles. The molecule has 0 fully saturated rings. The van der Waals surface area contributed by atoms with E-state index in [9.17, 15) is 0 Å². The molecule has 1 atom stereocenters. The maximum absolute atomic E-state index is 6.47. The molecule has 2 rings (SSSR count). The normalized spacial score (nSPS) is 14.8. The molecule has 1 aromatic heterocycles. The van der Waals surface area contributed by atoms with E-state index in [0.717, 1.165) is 47.7 Å². The van der Waals surface area contributed by atoms with Crippen LogP contribution in [0.25, 0.3) is 11.0 Å². The van der Waals surface area contributed by atoms with Crippen molar-refractivity contribution in [2.24, 2.45) is 5.73 Å². The van der Waals surface area contributed by atoms with Crippen molar-refractivity contribution in [3.05, 3.63) is 29.0 Å². The Morgan fingerprint density at radius 1 is 1.32 bits per heavy atom. The van der Waals surface area contributed by atoms with E-state index in [4.69, 9.17) is 22.3 Å². The number of benzene rings is 1. The molecule has 0 saturated carbocycles. The highest BCUT2D eigenvalue weighted by Gasteiger charge is 2.27. The molecule has 0 spiro atoms. The maximum Gasteiger partial charge on any atom is 0.129 e. The van der Waals surface area contributed by atoms with E-state index in [2.05, 4.69) is 25.3 Å². The van der Waals surface area contributed by atoms with Gasteiger partial charge >= 0.3 is 0 Å². The Morgan fingerprint density at radius 3 is 2.68 bits per heavy atom. The van der Waals surface area contributed by atoms with Gasteiger partial charge in [-0.25, -0.2) is 4.98 Å². The average Bonchev–Trinajstić information content (AvgIpc) is 2.68. The number of hydrogen-bond donors (Lipinski definition) is 1. The number of halogens is 1. The first kappa shape index (κ1) is 14.4. The Bertz CT molecular complexity index is 572. The summed E-state index contributed by atoms with van der Waals surface area (Å²) in [6, 6.07) is 5.86. The first-order chi connectivity index (χ1) is 8.99. The highest BCUT2D eigenvalue weighted by Crippen LogP contribution is 2.28. The van der Waals surface area contributed by atoms with Crippen LogP contribution in [-0.4, -0.2) is 9.55 Å². The third kappa shape index (κ3) is 2.77. The van der Waals surface area contributed by atoms with Crippen LogP contribution in [0, 0.1) is 0 Å². The minimum atomic E-state index is -0.393. The van der Waals surface area contributed by atoms with Crippen molar-refractivity contribution in [3.8, 4) is 0 Å². The molecule has 0 bridgehead atoms. The summed E-state index contributed by atoms with van der Waals surface area (Å²) in [5.41, 5.74) is 8.13. The first-order valence-corrected chi connectivity index (χ1v) is 7.32. The van der Waals surface area contributed by atoms with Gasteiger partial charge in [-0.3, -0.25) is 0 Å². The van der Waals surface area contributed by atoms with Gasteiger partial charge < -0.3 is 10.3 Å². The average molecular weight is 280 g/mol. The molecule has 2 aromatic rings. The fraction of sp³-hybridized carbons (Fsp3) is 0.533. The zero-order valence-corrected chi connectivity index (χ0v) is 12.7. The van der Waals surface area contributed by atoms with E-state index in [0.29, 0.717) is 0 Å². The van der Waals surface area contributed by atoms with Crippen LogP contribution in [0.2, 0.25) is 5.02 Å². The molecular formula is C15H22ClN3. The van der Waals surface area contributed by atoms with Gasteiger partial charge in [0.1, 0.15) is 5.82 Å². The lowest BCUT2D eigenvalue weighted by molar-refractivity contribution is 0.400. The molecule has 0 aliphatic heterocycles. The number of nitrogens with two attached hydrogens (primary N) is 1. The minimum absolute atomic E-state index is 0.393. The van der Waals surface area contributed by atoms with Gasteiger partial charge in [-0.05, 0) is 38.0 Å². The van der Waals surface area contributed by atoms with Crippen LogP contribution >= 0.6 is 11.6 Å². The van der Waals surface area contributed by atoms with Crippen LogP contribution in [0.5, 0.6) is 0 Å². The second-order valence-electron chi connectivity index (χ2n) is 5.39. The van der Waals surface area contributed by atoms with Crippen LogP contribution < -0.4 is 5.73 Å². The van der Waals surface area contributed by atoms with E-state index >= 15 is 0 Å². The van der Waals surface area contributed by atoms with Crippen molar-refractivity contribution in [3.63, 3.8) is 0 Å². The summed E-state index contributed by atoms with van der Waals surface area (Å²) < 4.78 is 2.24. The minimum Gasteiger partial charge on any atom is -0.326 e. The number of aromatic nitrogens is 2. The van der Waals surface area contributed by atoms with Gasteiger partial charge in [0.15, 0.2) is 0 Å². The van der Waals surface area contributed by atoms with Crippen molar-refractivity contribution in [1.82, 2.24) is 9.55 Å². The summed E-state index contributed by atoms with van der Waals surface area (Å²) in [5, 5.41) is 0.717. The smallest absolute Gasteiger partial charge is 0.129 e. The fourth-order valence-corrected chi connectivity index (χ4v) is 2.79. The standard InChI is InChI=1S/C15H22ClN3/c1-4-8-15(3,17)14-18-12-10-11(16)6-7-13(12)19(14)9-5-2/h6-7,10H,4-5,8-9,17H2,1-3H3. The summed E-state index contributed by atoms with van der Waals surface area (Å²) in [6.45, 7) is 7.31. The molecule has 3 nitrogen and oxygen atoms in total. The quantitative estimate of drug-likeness (QED) is 0.896. The lowest BCUT2D eigenvalue weighted by Crippen LogP contribution is -2.36. The number of nitrogens with zero attached hydrogens (tertiary/aromatic N) is 2. The summed E-state index contributed by atoms with van der Waals surface area (Å²) in [7, 11) is 0. The molecule has 0 saturated heterocycles. The SMILES string of the molecule is CCCn1c(C(C)(N)CCC)nc2cc(Cl)ccc21. The zero-order chi connectivity index (χ0) is 14.0. The summed E-state index contributed by atoms with van der Waals surface area (Å²) >= 11 is 6.05. The third-order valence-corrected chi connectivity index (χ3v) is 3.67. The predicted octanol–water partition coefficient (Wildman–Crippen LogP) is 4.07. The second-order valence-corrected chi connectivity index (χ2v) is 5.82. The van der Waals surface area contributed by atoms with Crippen LogP contribution in [0.15, 0.2) is 18.2 Å². The molecule has 2 N–H and O–H groups in total. The van der Waals surface area contributed by atoms with Crippen LogP contribution in [0.1, 0.15) is 45.9 Å². The van der Waals surface area contributed by atoms with Gasteiger partial charge in [-0.2, -0.15) is 0 Å². The van der Waals surface area contributed by atoms with Crippen molar-refractivity contribution in [2.45, 2.75) is 52.1 Å². The number of fused-ring (bicyclic) bond motifs is 1. The van der Waals surface area contributed by atoms with E-state index < -0.39 is 5.54 Å². The Balaban J connectivity index is 2.62. The van der Waals surface area contributed by atoms with Crippen LogP contribution in [0.4, 0.5) is 0 Å². The lowest BCUT2D eigenvalue weighted by atomic mass is 9.96. The number of imidazole rings is 1. The van der Waals surface area contributed by atoms with Crippen molar-refractivity contribution >= 4 is 22.6 Å². The molecular weight excluding hydrogens is 258 g/mol. The topological polar surface area (TPSA) is 43.8 Å². The molecule has 19 heavy (non-hydrogen) atoms. The lowest BCUT2D eigenvalue weighted by Gasteiger charge is -2.24. The maximum atomic E-state index is 6.47. The summed E-state index contributed by atoms with van der Waals surface area (Å²) in [4.78, 5) is 4.74. The molecule has 4 heteroatoms. The zero-order valence-electron chi connectivity index (χ0n) is 11.9. The molecule has 1 aromatic carbocycles. The van der Waals surface area contributed by atoms with Gasteiger partial charge in [-0.15, -0.1) is 0 Å². The monoisotopic (exact) mass is 279 g/mol. The molecule has 1 unspecified atom stereocenters. The second kappa shape index (κ2) is 5.51. The first-order valence-electron chi connectivity index (χ1n) is 6.94. The van der Waals surface area contributed by atoms with Gasteiger partial charge in [0.05, 0.1) is 16.6 Å². The summed E-state index contributed by atoms with van der Waals surface area (Å²) in [5.74, 6) is 0.966. The van der Waals surface area contributed by atoms with E-state index in [1.165, 1.54) is 0 Å². The molecule has 1 heterocycles. The van der Waals surface area contributed by atoms with Crippen LogP contribution in [-0.2, 0) is 12.1 Å². The Hall–Kier alpha value is -1.06.